The van der Waals surface area contributed by atoms with E-state index in [2.05, 4.69) is 22.6 Å². The molecule has 3 nitrogen and oxygen atoms in total. The van der Waals surface area contributed by atoms with E-state index < -0.39 is 5.97 Å². The van der Waals surface area contributed by atoms with Crippen LogP contribution in [0.15, 0.2) is 30.5 Å². The Bertz CT molecular complexity index is 640. The van der Waals surface area contributed by atoms with Gasteiger partial charge in [0, 0.05) is 19.8 Å². The maximum atomic E-state index is 11.2. The third-order valence-corrected chi connectivity index (χ3v) is 4.02. The number of benzene rings is 1. The maximum absolute atomic E-state index is 11.2. The SMILES string of the molecule is CC(c1ccc(Cl)cc1Cl)n1cc(I)cc1C(=O)O. The Morgan fingerprint density at radius 3 is 2.63 bits per heavy atom. The van der Waals surface area contributed by atoms with Crippen LogP contribution in [0.5, 0.6) is 0 Å². The van der Waals surface area contributed by atoms with Crippen LogP contribution in [0.25, 0.3) is 0 Å². The number of hydrogen-bond donors (Lipinski definition) is 1. The lowest BCUT2D eigenvalue weighted by Gasteiger charge is -2.17. The molecule has 0 aliphatic heterocycles. The molecule has 2 rings (SSSR count). The molecule has 0 spiro atoms. The van der Waals surface area contributed by atoms with Crippen LogP contribution in [0.4, 0.5) is 0 Å². The molecule has 0 saturated heterocycles. The van der Waals surface area contributed by atoms with Crippen LogP contribution in [0, 0.1) is 3.57 Å². The van der Waals surface area contributed by atoms with Crippen molar-refractivity contribution in [2.75, 3.05) is 0 Å². The summed E-state index contributed by atoms with van der Waals surface area (Å²) < 4.78 is 2.56. The fourth-order valence-corrected chi connectivity index (χ4v) is 3.09. The third-order valence-electron chi connectivity index (χ3n) is 2.86. The lowest BCUT2D eigenvalue weighted by molar-refractivity contribution is 0.0684. The zero-order valence-electron chi connectivity index (χ0n) is 9.90. The summed E-state index contributed by atoms with van der Waals surface area (Å²) >= 11 is 14.1. The molecule has 1 aromatic carbocycles. The van der Waals surface area contributed by atoms with E-state index in [1.165, 1.54) is 0 Å². The highest BCUT2D eigenvalue weighted by Gasteiger charge is 2.19. The number of aromatic carboxylic acids is 1. The zero-order chi connectivity index (χ0) is 14.2. The van der Waals surface area contributed by atoms with Crippen molar-refractivity contribution >= 4 is 51.8 Å². The number of hydrogen-bond acceptors (Lipinski definition) is 1. The molecule has 6 heteroatoms. The van der Waals surface area contributed by atoms with Crippen molar-refractivity contribution < 1.29 is 9.90 Å². The first-order valence-electron chi connectivity index (χ1n) is 5.45. The molecule has 19 heavy (non-hydrogen) atoms. The molecular weight excluding hydrogens is 400 g/mol. The van der Waals surface area contributed by atoms with E-state index in [4.69, 9.17) is 23.2 Å². The average Bonchev–Trinajstić information content (AvgIpc) is 2.70. The molecular formula is C13H10Cl2INO2. The number of nitrogens with zero attached hydrogens (tertiary/aromatic N) is 1. The van der Waals surface area contributed by atoms with Crippen molar-refractivity contribution in [3.8, 4) is 0 Å². The summed E-state index contributed by atoms with van der Waals surface area (Å²) in [5.41, 5.74) is 1.07. The van der Waals surface area contributed by atoms with Crippen LogP contribution < -0.4 is 0 Å². The van der Waals surface area contributed by atoms with Gasteiger partial charge in [0.2, 0.25) is 0 Å². The fraction of sp³-hybridized carbons (Fsp3) is 0.154. The second kappa shape index (κ2) is 5.73. The quantitative estimate of drug-likeness (QED) is 0.746. The minimum absolute atomic E-state index is 0.181. The van der Waals surface area contributed by atoms with Crippen molar-refractivity contribution in [2.24, 2.45) is 0 Å². The van der Waals surface area contributed by atoms with E-state index in [1.54, 1.807) is 29.0 Å². The maximum Gasteiger partial charge on any atom is 0.352 e. The van der Waals surface area contributed by atoms with Crippen LogP contribution in [-0.4, -0.2) is 15.6 Å². The fourth-order valence-electron chi connectivity index (χ4n) is 1.93. The first-order chi connectivity index (χ1) is 8.90. The lowest BCUT2D eigenvalue weighted by Crippen LogP contribution is -2.13. The first kappa shape index (κ1) is 14.7. The Morgan fingerprint density at radius 1 is 1.37 bits per heavy atom. The molecule has 0 amide bonds. The van der Waals surface area contributed by atoms with Crippen LogP contribution in [0.1, 0.15) is 29.0 Å². The van der Waals surface area contributed by atoms with E-state index >= 15 is 0 Å². The van der Waals surface area contributed by atoms with Gasteiger partial charge in [0.25, 0.3) is 0 Å². The Balaban J connectivity index is 2.49. The molecule has 1 aromatic heterocycles. The summed E-state index contributed by atoms with van der Waals surface area (Å²) in [6.07, 6.45) is 1.79. The van der Waals surface area contributed by atoms with Gasteiger partial charge in [0.15, 0.2) is 0 Å². The van der Waals surface area contributed by atoms with Gasteiger partial charge in [-0.15, -0.1) is 0 Å². The smallest absolute Gasteiger partial charge is 0.352 e. The second-order valence-electron chi connectivity index (χ2n) is 4.10. The standard InChI is InChI=1S/C13H10Cl2INO2/c1-7(10-3-2-8(14)4-11(10)15)17-6-9(16)5-12(17)13(18)19/h2-7H,1H3,(H,18,19). The first-order valence-corrected chi connectivity index (χ1v) is 7.29. The molecule has 0 bridgehead atoms. The lowest BCUT2D eigenvalue weighted by atomic mass is 10.1. The summed E-state index contributed by atoms with van der Waals surface area (Å²) in [7, 11) is 0. The Kier molecular flexibility index (Phi) is 4.43. The van der Waals surface area contributed by atoms with E-state index in [0.29, 0.717) is 10.0 Å². The summed E-state index contributed by atoms with van der Waals surface area (Å²) in [6, 6.07) is 6.66. The van der Waals surface area contributed by atoms with Gasteiger partial charge in [-0.2, -0.15) is 0 Å². The van der Waals surface area contributed by atoms with Crippen molar-refractivity contribution in [2.45, 2.75) is 13.0 Å². The van der Waals surface area contributed by atoms with Gasteiger partial charge < -0.3 is 9.67 Å². The predicted molar refractivity (Wildman–Crippen MR) is 84.4 cm³/mol. The van der Waals surface area contributed by atoms with Gasteiger partial charge in [0.05, 0.1) is 6.04 Å². The summed E-state index contributed by atoms with van der Waals surface area (Å²) in [5.74, 6) is -0.958. The number of carboxylic acid groups (broad SMARTS) is 1. The van der Waals surface area contributed by atoms with E-state index in [1.807, 2.05) is 13.0 Å². The summed E-state index contributed by atoms with van der Waals surface area (Å²) in [5, 5.41) is 10.3. The highest BCUT2D eigenvalue weighted by molar-refractivity contribution is 14.1. The van der Waals surface area contributed by atoms with Crippen molar-refractivity contribution in [3.63, 3.8) is 0 Å². The molecule has 1 unspecified atom stereocenters. The Morgan fingerprint density at radius 2 is 2.05 bits per heavy atom. The van der Waals surface area contributed by atoms with Crippen LogP contribution in [0.2, 0.25) is 10.0 Å². The highest BCUT2D eigenvalue weighted by atomic mass is 127. The van der Waals surface area contributed by atoms with Crippen molar-refractivity contribution in [1.82, 2.24) is 4.57 Å². The van der Waals surface area contributed by atoms with Gasteiger partial charge in [0.1, 0.15) is 5.69 Å². The number of aromatic nitrogens is 1. The van der Waals surface area contributed by atoms with E-state index in [9.17, 15) is 9.90 Å². The van der Waals surface area contributed by atoms with Gasteiger partial charge in [-0.05, 0) is 53.3 Å². The molecule has 0 aliphatic rings. The second-order valence-corrected chi connectivity index (χ2v) is 6.19. The van der Waals surface area contributed by atoms with Gasteiger partial charge in [-0.25, -0.2) is 4.79 Å². The topological polar surface area (TPSA) is 42.2 Å². The molecule has 1 N–H and O–H groups in total. The molecule has 0 saturated carbocycles. The van der Waals surface area contributed by atoms with Gasteiger partial charge in [-0.1, -0.05) is 29.3 Å². The predicted octanol–water partition coefficient (Wildman–Crippen LogP) is 4.71. The molecule has 1 heterocycles. The monoisotopic (exact) mass is 409 g/mol. The number of carboxylic acids is 1. The van der Waals surface area contributed by atoms with E-state index in [-0.39, 0.29) is 11.7 Å². The number of rotatable bonds is 3. The Hall–Kier alpha value is -0.720. The minimum atomic E-state index is -0.958. The van der Waals surface area contributed by atoms with Crippen LogP contribution >= 0.6 is 45.8 Å². The molecule has 0 fully saturated rings. The average molecular weight is 410 g/mol. The van der Waals surface area contributed by atoms with Gasteiger partial charge in [-0.3, -0.25) is 0 Å². The van der Waals surface area contributed by atoms with Gasteiger partial charge >= 0.3 is 5.97 Å². The molecule has 1 atom stereocenters. The minimum Gasteiger partial charge on any atom is -0.477 e. The summed E-state index contributed by atoms with van der Waals surface area (Å²) in [6.45, 7) is 1.90. The largest absolute Gasteiger partial charge is 0.477 e. The molecule has 100 valence electrons. The van der Waals surface area contributed by atoms with Crippen LogP contribution in [0.3, 0.4) is 0 Å². The zero-order valence-corrected chi connectivity index (χ0v) is 13.6. The molecule has 0 aliphatic carbocycles. The van der Waals surface area contributed by atoms with Crippen molar-refractivity contribution in [3.05, 3.63) is 55.3 Å². The number of carbonyl (C=O) groups is 1. The normalized spacial score (nSPS) is 12.4. The van der Waals surface area contributed by atoms with E-state index in [0.717, 1.165) is 9.13 Å². The molecule has 0 radical (unpaired) electrons. The molecule has 2 aromatic rings. The highest BCUT2D eigenvalue weighted by Crippen LogP contribution is 2.30. The summed E-state index contributed by atoms with van der Waals surface area (Å²) in [4.78, 5) is 11.2. The Labute approximate surface area is 134 Å². The van der Waals surface area contributed by atoms with Crippen molar-refractivity contribution in [1.29, 1.82) is 0 Å². The third kappa shape index (κ3) is 3.07. The number of halogens is 3. The van der Waals surface area contributed by atoms with Crippen LogP contribution in [-0.2, 0) is 0 Å².